The van der Waals surface area contributed by atoms with Crippen molar-refractivity contribution >= 4 is 5.91 Å². The van der Waals surface area contributed by atoms with Crippen molar-refractivity contribution in [1.82, 2.24) is 9.80 Å². The number of amides is 1. The fourth-order valence-electron chi connectivity index (χ4n) is 5.12. The highest BCUT2D eigenvalue weighted by atomic mass is 16.3. The minimum Gasteiger partial charge on any atom is -0.508 e. The Morgan fingerprint density at radius 1 is 1.03 bits per heavy atom. The molecule has 154 valence electrons. The highest BCUT2D eigenvalue weighted by Crippen LogP contribution is 2.43. The molecule has 2 heterocycles. The summed E-state index contributed by atoms with van der Waals surface area (Å²) in [4.78, 5) is 16.6. The highest BCUT2D eigenvalue weighted by molar-refractivity contribution is 5.77. The van der Waals surface area contributed by atoms with Crippen LogP contribution in [0.15, 0.2) is 54.6 Å². The quantitative estimate of drug-likeness (QED) is 0.757. The van der Waals surface area contributed by atoms with Gasteiger partial charge in [-0.25, -0.2) is 0 Å². The topological polar surface area (TPSA) is 64.0 Å². The van der Waals surface area contributed by atoms with E-state index in [2.05, 4.69) is 11.0 Å². The van der Waals surface area contributed by atoms with Gasteiger partial charge in [0.25, 0.3) is 0 Å². The number of phenolic OH excluding ortho intramolecular Hbond substituents is 1. The lowest BCUT2D eigenvalue weighted by molar-refractivity contribution is -0.135. The lowest BCUT2D eigenvalue weighted by Crippen LogP contribution is -2.47. The zero-order valence-electron chi connectivity index (χ0n) is 16.8. The molecule has 2 aliphatic heterocycles. The molecule has 2 saturated heterocycles. The number of phenols is 1. The average molecular weight is 395 g/mol. The molecule has 0 spiro atoms. The first-order valence-electron chi connectivity index (χ1n) is 10.6. The third-order valence-electron chi connectivity index (χ3n) is 6.56. The van der Waals surface area contributed by atoms with Crippen LogP contribution in [0, 0.1) is 0 Å². The van der Waals surface area contributed by atoms with Gasteiger partial charge in [0.2, 0.25) is 5.91 Å². The summed E-state index contributed by atoms with van der Waals surface area (Å²) in [6.07, 6.45) is 4.61. The standard InChI is InChI=1S/C24H30N2O3/c27-17-24(29)25(16-18-5-2-1-3-6-18)11-12-26-21-9-10-22(26)14-20(13-21)19-7-4-8-23(28)15-19/h1-8,15,20-22,27-28H,9-14,16-17H2/t20?,21-,22+. The van der Waals surface area contributed by atoms with Crippen LogP contribution in [0.4, 0.5) is 0 Å². The first-order valence-corrected chi connectivity index (χ1v) is 10.6. The first-order chi connectivity index (χ1) is 14.1. The maximum Gasteiger partial charge on any atom is 0.248 e. The molecule has 29 heavy (non-hydrogen) atoms. The second-order valence-corrected chi connectivity index (χ2v) is 8.35. The molecule has 4 rings (SSSR count). The van der Waals surface area contributed by atoms with E-state index in [4.69, 9.17) is 0 Å². The summed E-state index contributed by atoms with van der Waals surface area (Å²) in [7, 11) is 0. The predicted octanol–water partition coefficient (Wildman–Crippen LogP) is 3.12. The van der Waals surface area contributed by atoms with Gasteiger partial charge in [-0.2, -0.15) is 0 Å². The summed E-state index contributed by atoms with van der Waals surface area (Å²) >= 11 is 0. The summed E-state index contributed by atoms with van der Waals surface area (Å²) in [6, 6.07) is 18.7. The second-order valence-electron chi connectivity index (χ2n) is 8.35. The summed E-state index contributed by atoms with van der Waals surface area (Å²) in [5.74, 6) is 0.627. The maximum atomic E-state index is 12.3. The van der Waals surface area contributed by atoms with E-state index in [1.807, 2.05) is 42.5 Å². The normalized spacial score (nSPS) is 23.8. The molecule has 2 fully saturated rings. The van der Waals surface area contributed by atoms with Crippen molar-refractivity contribution in [2.24, 2.45) is 0 Å². The Morgan fingerprint density at radius 2 is 1.76 bits per heavy atom. The largest absolute Gasteiger partial charge is 0.508 e. The summed E-state index contributed by atoms with van der Waals surface area (Å²) in [5.41, 5.74) is 2.32. The van der Waals surface area contributed by atoms with E-state index in [0.29, 0.717) is 36.8 Å². The summed E-state index contributed by atoms with van der Waals surface area (Å²) in [6.45, 7) is 1.58. The third-order valence-corrected chi connectivity index (χ3v) is 6.56. The molecular weight excluding hydrogens is 364 g/mol. The Kier molecular flexibility index (Phi) is 6.16. The molecule has 2 N–H and O–H groups in total. The Bertz CT molecular complexity index is 812. The summed E-state index contributed by atoms with van der Waals surface area (Å²) < 4.78 is 0. The molecule has 2 bridgehead atoms. The van der Waals surface area contributed by atoms with E-state index >= 15 is 0 Å². The number of aliphatic hydroxyl groups is 1. The van der Waals surface area contributed by atoms with Gasteiger partial charge in [0, 0.05) is 31.7 Å². The molecular formula is C24H30N2O3. The number of nitrogens with zero attached hydrogens (tertiary/aromatic N) is 2. The van der Waals surface area contributed by atoms with E-state index in [-0.39, 0.29) is 5.91 Å². The number of carbonyl (C=O) groups excluding carboxylic acids is 1. The van der Waals surface area contributed by atoms with Gasteiger partial charge < -0.3 is 15.1 Å². The van der Waals surface area contributed by atoms with Crippen LogP contribution in [0.25, 0.3) is 0 Å². The van der Waals surface area contributed by atoms with Crippen LogP contribution in [0.1, 0.15) is 42.7 Å². The van der Waals surface area contributed by atoms with E-state index in [9.17, 15) is 15.0 Å². The van der Waals surface area contributed by atoms with E-state index in [1.54, 1.807) is 11.0 Å². The number of carbonyl (C=O) groups is 1. The number of aromatic hydroxyl groups is 1. The zero-order chi connectivity index (χ0) is 20.2. The number of hydrogen-bond donors (Lipinski definition) is 2. The van der Waals surface area contributed by atoms with Crippen LogP contribution < -0.4 is 0 Å². The molecule has 2 aliphatic rings. The van der Waals surface area contributed by atoms with E-state index < -0.39 is 6.61 Å². The second kappa shape index (κ2) is 8.97. The number of fused-ring (bicyclic) bond motifs is 2. The Morgan fingerprint density at radius 3 is 2.41 bits per heavy atom. The van der Waals surface area contributed by atoms with Crippen molar-refractivity contribution in [3.8, 4) is 5.75 Å². The molecule has 0 aliphatic carbocycles. The number of hydrogen-bond acceptors (Lipinski definition) is 4. The van der Waals surface area contributed by atoms with Crippen molar-refractivity contribution in [2.75, 3.05) is 19.7 Å². The number of rotatable bonds is 7. The van der Waals surface area contributed by atoms with E-state index in [1.165, 1.54) is 18.4 Å². The minimum absolute atomic E-state index is 0.212. The van der Waals surface area contributed by atoms with Crippen molar-refractivity contribution in [3.05, 3.63) is 65.7 Å². The number of benzene rings is 2. The van der Waals surface area contributed by atoms with E-state index in [0.717, 1.165) is 24.9 Å². The molecule has 2 aromatic rings. The Balaban J connectivity index is 1.38. The smallest absolute Gasteiger partial charge is 0.248 e. The van der Waals surface area contributed by atoms with Gasteiger partial charge in [-0.3, -0.25) is 9.69 Å². The van der Waals surface area contributed by atoms with Crippen molar-refractivity contribution in [2.45, 2.75) is 50.2 Å². The molecule has 0 radical (unpaired) electrons. The maximum absolute atomic E-state index is 12.3. The molecule has 2 aromatic carbocycles. The first kappa shape index (κ1) is 19.9. The fourth-order valence-corrected chi connectivity index (χ4v) is 5.12. The Labute approximate surface area is 172 Å². The van der Waals surface area contributed by atoms with Crippen LogP contribution in [-0.2, 0) is 11.3 Å². The van der Waals surface area contributed by atoms with Crippen LogP contribution in [-0.4, -0.2) is 57.7 Å². The van der Waals surface area contributed by atoms with Gasteiger partial charge in [-0.05, 0) is 54.9 Å². The van der Waals surface area contributed by atoms with Crippen molar-refractivity contribution in [1.29, 1.82) is 0 Å². The van der Waals surface area contributed by atoms with Crippen molar-refractivity contribution < 1.29 is 15.0 Å². The molecule has 0 saturated carbocycles. The lowest BCUT2D eigenvalue weighted by atomic mass is 9.85. The van der Waals surface area contributed by atoms with Gasteiger partial charge in [0.15, 0.2) is 0 Å². The lowest BCUT2D eigenvalue weighted by Gasteiger charge is -2.40. The van der Waals surface area contributed by atoms with Gasteiger partial charge >= 0.3 is 0 Å². The van der Waals surface area contributed by atoms with Gasteiger partial charge in [0.1, 0.15) is 12.4 Å². The van der Waals surface area contributed by atoms with Crippen molar-refractivity contribution in [3.63, 3.8) is 0 Å². The third kappa shape index (κ3) is 4.62. The zero-order valence-corrected chi connectivity index (χ0v) is 16.8. The minimum atomic E-state index is -0.445. The molecule has 1 unspecified atom stereocenters. The highest BCUT2D eigenvalue weighted by Gasteiger charge is 2.41. The van der Waals surface area contributed by atoms with Gasteiger partial charge in [-0.1, -0.05) is 42.5 Å². The molecule has 1 amide bonds. The van der Waals surface area contributed by atoms with Gasteiger partial charge in [0.05, 0.1) is 0 Å². The van der Waals surface area contributed by atoms with Crippen LogP contribution in [0.5, 0.6) is 5.75 Å². The SMILES string of the molecule is O=C(CO)N(CCN1[C@@H]2CC[C@H]1CC(c1cccc(O)c1)C2)Cc1ccccc1. The van der Waals surface area contributed by atoms with Crippen LogP contribution >= 0.6 is 0 Å². The predicted molar refractivity (Wildman–Crippen MR) is 113 cm³/mol. The number of aliphatic hydroxyl groups excluding tert-OH is 1. The molecule has 0 aromatic heterocycles. The van der Waals surface area contributed by atoms with Crippen LogP contribution in [0.3, 0.4) is 0 Å². The summed E-state index contributed by atoms with van der Waals surface area (Å²) in [5, 5.41) is 19.2. The monoisotopic (exact) mass is 394 g/mol. The molecule has 5 nitrogen and oxygen atoms in total. The van der Waals surface area contributed by atoms with Crippen LogP contribution in [0.2, 0.25) is 0 Å². The molecule has 5 heteroatoms. The Hall–Kier alpha value is -2.37. The molecule has 3 atom stereocenters. The average Bonchev–Trinajstić information content (AvgIpc) is 2.98. The number of piperidine rings is 1. The fraction of sp³-hybridized carbons (Fsp3) is 0.458. The van der Waals surface area contributed by atoms with Gasteiger partial charge in [-0.15, -0.1) is 0 Å².